The Bertz CT molecular complexity index is 477. The number of aryl methyl sites for hydroxylation is 1. The first-order valence-corrected chi connectivity index (χ1v) is 6.48. The summed E-state index contributed by atoms with van der Waals surface area (Å²) in [6, 6.07) is 3.28. The summed E-state index contributed by atoms with van der Waals surface area (Å²) in [6.45, 7) is 2.59. The molecule has 1 aliphatic heterocycles. The molecule has 0 radical (unpaired) electrons. The number of fused-ring (bicyclic) bond motifs is 1. The zero-order valence-corrected chi connectivity index (χ0v) is 11.3. The van der Waals surface area contributed by atoms with E-state index >= 15 is 0 Å². The summed E-state index contributed by atoms with van der Waals surface area (Å²) in [4.78, 5) is 11.3. The summed E-state index contributed by atoms with van der Waals surface area (Å²) in [5.74, 6) is -0.295. The van der Waals surface area contributed by atoms with E-state index in [-0.39, 0.29) is 17.8 Å². The number of hydrogen-bond acceptors (Lipinski definition) is 3. The fourth-order valence-electron chi connectivity index (χ4n) is 2.14. The lowest BCUT2D eigenvalue weighted by molar-refractivity contribution is -0.116. The molecular weight excluding hydrogens is 247 g/mol. The first kappa shape index (κ1) is 13.8. The highest BCUT2D eigenvalue weighted by Crippen LogP contribution is 2.29. The number of amides is 1. The van der Waals surface area contributed by atoms with Gasteiger partial charge >= 0.3 is 0 Å². The Balaban J connectivity index is 2.12. The SMILES string of the molecule is COCCC(C)Nc1cc2c(cc1F)CCC(=O)N2. The van der Waals surface area contributed by atoms with Crippen LogP contribution in [0.4, 0.5) is 15.8 Å². The Morgan fingerprint density at radius 2 is 2.26 bits per heavy atom. The van der Waals surface area contributed by atoms with Gasteiger partial charge in [0, 0.05) is 31.9 Å². The van der Waals surface area contributed by atoms with Gasteiger partial charge in [-0.25, -0.2) is 4.39 Å². The van der Waals surface area contributed by atoms with Gasteiger partial charge in [0.1, 0.15) is 5.82 Å². The first-order valence-electron chi connectivity index (χ1n) is 6.48. The molecule has 0 spiro atoms. The predicted molar refractivity (Wildman–Crippen MR) is 72.9 cm³/mol. The second-order valence-electron chi connectivity index (χ2n) is 4.86. The molecule has 2 N–H and O–H groups in total. The molecule has 0 saturated heterocycles. The molecule has 0 saturated carbocycles. The van der Waals surface area contributed by atoms with Gasteiger partial charge in [0.2, 0.25) is 5.91 Å². The third-order valence-corrected chi connectivity index (χ3v) is 3.25. The van der Waals surface area contributed by atoms with Gasteiger partial charge in [0.25, 0.3) is 0 Å². The van der Waals surface area contributed by atoms with E-state index in [1.54, 1.807) is 13.2 Å². The van der Waals surface area contributed by atoms with Crippen molar-refractivity contribution in [3.8, 4) is 0 Å². The Morgan fingerprint density at radius 1 is 1.47 bits per heavy atom. The van der Waals surface area contributed by atoms with Gasteiger partial charge in [-0.05, 0) is 37.5 Å². The summed E-state index contributed by atoms with van der Waals surface area (Å²) in [7, 11) is 1.64. The molecule has 0 bridgehead atoms. The van der Waals surface area contributed by atoms with Crippen molar-refractivity contribution in [3.63, 3.8) is 0 Å². The van der Waals surface area contributed by atoms with E-state index in [0.717, 1.165) is 12.0 Å². The van der Waals surface area contributed by atoms with E-state index in [4.69, 9.17) is 4.74 Å². The quantitative estimate of drug-likeness (QED) is 0.861. The van der Waals surface area contributed by atoms with Crippen LogP contribution < -0.4 is 10.6 Å². The molecule has 1 atom stereocenters. The first-order chi connectivity index (χ1) is 9.10. The highest BCUT2D eigenvalue weighted by molar-refractivity contribution is 5.94. The average molecular weight is 266 g/mol. The van der Waals surface area contributed by atoms with E-state index in [2.05, 4.69) is 10.6 Å². The zero-order chi connectivity index (χ0) is 13.8. The molecule has 19 heavy (non-hydrogen) atoms. The lowest BCUT2D eigenvalue weighted by Crippen LogP contribution is -2.21. The van der Waals surface area contributed by atoms with Crippen molar-refractivity contribution in [2.75, 3.05) is 24.4 Å². The van der Waals surface area contributed by atoms with Crippen LogP contribution in [0.25, 0.3) is 0 Å². The third kappa shape index (κ3) is 3.44. The third-order valence-electron chi connectivity index (χ3n) is 3.25. The summed E-state index contributed by atoms with van der Waals surface area (Å²) in [5, 5.41) is 5.88. The molecule has 1 aromatic carbocycles. The minimum atomic E-state index is -0.279. The lowest BCUT2D eigenvalue weighted by atomic mass is 10.0. The average Bonchev–Trinajstić information content (AvgIpc) is 2.38. The highest BCUT2D eigenvalue weighted by Gasteiger charge is 2.18. The maximum absolute atomic E-state index is 14.0. The van der Waals surface area contributed by atoms with E-state index in [9.17, 15) is 9.18 Å². The fraction of sp³-hybridized carbons (Fsp3) is 0.500. The van der Waals surface area contributed by atoms with E-state index in [0.29, 0.717) is 30.8 Å². The van der Waals surface area contributed by atoms with Gasteiger partial charge in [0.05, 0.1) is 5.69 Å². The van der Waals surface area contributed by atoms with Crippen molar-refractivity contribution in [2.45, 2.75) is 32.2 Å². The molecule has 1 aliphatic rings. The van der Waals surface area contributed by atoms with Gasteiger partial charge in [-0.3, -0.25) is 4.79 Å². The number of ether oxygens (including phenoxy) is 1. The lowest BCUT2D eigenvalue weighted by Gasteiger charge is -2.21. The Labute approximate surface area is 112 Å². The number of rotatable bonds is 5. The summed E-state index contributed by atoms with van der Waals surface area (Å²) in [5.41, 5.74) is 1.98. The number of halogens is 1. The molecule has 0 aliphatic carbocycles. The molecule has 104 valence electrons. The number of nitrogens with one attached hydrogen (secondary N) is 2. The summed E-state index contributed by atoms with van der Waals surface area (Å²) in [6.07, 6.45) is 1.81. The Morgan fingerprint density at radius 3 is 3.00 bits per heavy atom. The van der Waals surface area contributed by atoms with Gasteiger partial charge in [0.15, 0.2) is 0 Å². The van der Waals surface area contributed by atoms with Crippen molar-refractivity contribution in [2.24, 2.45) is 0 Å². The molecule has 1 aromatic rings. The smallest absolute Gasteiger partial charge is 0.224 e. The van der Waals surface area contributed by atoms with Crippen LogP contribution in [-0.4, -0.2) is 25.7 Å². The molecule has 5 heteroatoms. The number of methoxy groups -OCH3 is 1. The highest BCUT2D eigenvalue weighted by atomic mass is 19.1. The van der Waals surface area contributed by atoms with Crippen LogP contribution in [0.3, 0.4) is 0 Å². The van der Waals surface area contributed by atoms with Gasteiger partial charge in [-0.15, -0.1) is 0 Å². The second-order valence-corrected chi connectivity index (χ2v) is 4.86. The van der Waals surface area contributed by atoms with Crippen molar-refractivity contribution in [3.05, 3.63) is 23.5 Å². The predicted octanol–water partition coefficient (Wildman–Crippen LogP) is 2.55. The van der Waals surface area contributed by atoms with Crippen LogP contribution in [0.1, 0.15) is 25.3 Å². The molecule has 1 heterocycles. The normalized spacial score (nSPS) is 15.6. The van der Waals surface area contributed by atoms with Crippen LogP contribution in [0, 0.1) is 5.82 Å². The van der Waals surface area contributed by atoms with Crippen LogP contribution in [-0.2, 0) is 16.0 Å². The maximum Gasteiger partial charge on any atom is 0.224 e. The molecular formula is C14H19FN2O2. The van der Waals surface area contributed by atoms with Crippen molar-refractivity contribution in [1.82, 2.24) is 0 Å². The number of anilines is 2. The molecule has 4 nitrogen and oxygen atoms in total. The van der Waals surface area contributed by atoms with Gasteiger partial charge < -0.3 is 15.4 Å². The van der Waals surface area contributed by atoms with Crippen LogP contribution in [0.5, 0.6) is 0 Å². The van der Waals surface area contributed by atoms with Crippen LogP contribution in [0.15, 0.2) is 12.1 Å². The molecule has 1 amide bonds. The van der Waals surface area contributed by atoms with Crippen molar-refractivity contribution >= 4 is 17.3 Å². The van der Waals surface area contributed by atoms with Crippen LogP contribution >= 0.6 is 0 Å². The Hall–Kier alpha value is -1.62. The second kappa shape index (κ2) is 6.02. The Kier molecular flexibility index (Phi) is 4.37. The summed E-state index contributed by atoms with van der Waals surface area (Å²) >= 11 is 0. The van der Waals surface area contributed by atoms with Crippen molar-refractivity contribution < 1.29 is 13.9 Å². The minimum Gasteiger partial charge on any atom is -0.385 e. The summed E-state index contributed by atoms with van der Waals surface area (Å²) < 4.78 is 18.9. The minimum absolute atomic E-state index is 0.0162. The monoisotopic (exact) mass is 266 g/mol. The zero-order valence-electron chi connectivity index (χ0n) is 11.3. The van der Waals surface area contributed by atoms with E-state index in [1.807, 2.05) is 6.92 Å². The maximum atomic E-state index is 14.0. The van der Waals surface area contributed by atoms with Gasteiger partial charge in [-0.1, -0.05) is 0 Å². The number of carbonyl (C=O) groups excluding carboxylic acids is 1. The standard InChI is InChI=1S/C14H19FN2O2/c1-9(5-6-19-2)16-13-8-12-10(7-11(13)15)3-4-14(18)17-12/h7-9,16H,3-6H2,1-2H3,(H,17,18). The van der Waals surface area contributed by atoms with Crippen LogP contribution in [0.2, 0.25) is 0 Å². The fourth-order valence-corrected chi connectivity index (χ4v) is 2.14. The van der Waals surface area contributed by atoms with E-state index < -0.39 is 0 Å². The van der Waals surface area contributed by atoms with E-state index in [1.165, 1.54) is 6.07 Å². The molecule has 0 fully saturated rings. The molecule has 0 aromatic heterocycles. The number of carbonyl (C=O) groups is 1. The number of benzene rings is 1. The topological polar surface area (TPSA) is 50.4 Å². The van der Waals surface area contributed by atoms with Crippen molar-refractivity contribution in [1.29, 1.82) is 0 Å². The number of hydrogen-bond donors (Lipinski definition) is 2. The largest absolute Gasteiger partial charge is 0.385 e. The molecule has 1 unspecified atom stereocenters. The van der Waals surface area contributed by atoms with Gasteiger partial charge in [-0.2, -0.15) is 0 Å². The molecule has 2 rings (SSSR count).